The van der Waals surface area contributed by atoms with Crippen LogP contribution in [0.15, 0.2) is 18.3 Å². The first-order valence-electron chi connectivity index (χ1n) is 6.09. The Hall–Kier alpha value is -1.09. The van der Waals surface area contributed by atoms with E-state index in [1.54, 1.807) is 6.20 Å². The third-order valence-corrected chi connectivity index (χ3v) is 3.13. The second kappa shape index (κ2) is 4.83. The van der Waals surface area contributed by atoms with Gasteiger partial charge >= 0.3 is 0 Å². The Morgan fingerprint density at radius 2 is 2.25 bits per heavy atom. The molecule has 0 saturated heterocycles. The van der Waals surface area contributed by atoms with Gasteiger partial charge in [0.1, 0.15) is 0 Å². The average molecular weight is 219 g/mol. The van der Waals surface area contributed by atoms with Crippen LogP contribution >= 0.6 is 0 Å². The maximum Gasteiger partial charge on any atom is 0.0564 e. The molecule has 1 saturated carbocycles. The van der Waals surface area contributed by atoms with Crippen molar-refractivity contribution in [2.24, 2.45) is 5.92 Å². The maximum absolute atomic E-state index is 5.77. The Morgan fingerprint density at radius 1 is 1.50 bits per heavy atom. The van der Waals surface area contributed by atoms with Gasteiger partial charge in [0.2, 0.25) is 0 Å². The zero-order valence-electron chi connectivity index (χ0n) is 10.2. The average Bonchev–Trinajstić information content (AvgIpc) is 3.00. The summed E-state index contributed by atoms with van der Waals surface area (Å²) in [5, 5.41) is 0. The monoisotopic (exact) mass is 219 g/mol. The van der Waals surface area contributed by atoms with Gasteiger partial charge in [-0.3, -0.25) is 9.88 Å². The minimum absolute atomic E-state index is 0.573. The maximum atomic E-state index is 5.77. The summed E-state index contributed by atoms with van der Waals surface area (Å²) in [6, 6.07) is 4.38. The minimum atomic E-state index is 0.573. The molecule has 0 bridgehead atoms. The van der Waals surface area contributed by atoms with E-state index < -0.39 is 0 Å². The highest BCUT2D eigenvalue weighted by Crippen LogP contribution is 2.30. The molecule has 3 nitrogen and oxygen atoms in total. The summed E-state index contributed by atoms with van der Waals surface area (Å²) in [6.45, 7) is 6.61. The summed E-state index contributed by atoms with van der Waals surface area (Å²) in [5.41, 5.74) is 7.65. The lowest BCUT2D eigenvalue weighted by atomic mass is 10.2. The number of nitrogens with zero attached hydrogens (tertiary/aromatic N) is 2. The minimum Gasteiger partial charge on any atom is -0.399 e. The van der Waals surface area contributed by atoms with Crippen molar-refractivity contribution in [3.05, 3.63) is 24.0 Å². The molecule has 0 atom stereocenters. The van der Waals surface area contributed by atoms with E-state index in [1.807, 2.05) is 12.1 Å². The predicted octanol–water partition coefficient (Wildman–Crippen LogP) is 2.28. The van der Waals surface area contributed by atoms with E-state index in [2.05, 4.69) is 23.7 Å². The molecule has 0 spiro atoms. The highest BCUT2D eigenvalue weighted by atomic mass is 15.2. The van der Waals surface area contributed by atoms with Crippen LogP contribution in [0.2, 0.25) is 0 Å². The van der Waals surface area contributed by atoms with Crippen LogP contribution in [0.25, 0.3) is 0 Å². The molecular formula is C13H21N3. The van der Waals surface area contributed by atoms with Crippen molar-refractivity contribution < 1.29 is 0 Å². The first-order valence-corrected chi connectivity index (χ1v) is 6.09. The number of hydrogen-bond acceptors (Lipinski definition) is 3. The van der Waals surface area contributed by atoms with Crippen molar-refractivity contribution in [1.82, 2.24) is 9.88 Å². The van der Waals surface area contributed by atoms with E-state index in [0.717, 1.165) is 23.8 Å². The second-order valence-corrected chi connectivity index (χ2v) is 5.05. The Balaban J connectivity index is 1.98. The number of nitrogens with two attached hydrogens (primary N) is 1. The smallest absolute Gasteiger partial charge is 0.0564 e. The van der Waals surface area contributed by atoms with Crippen LogP contribution in [0.5, 0.6) is 0 Å². The molecular weight excluding hydrogens is 198 g/mol. The second-order valence-electron chi connectivity index (χ2n) is 5.05. The standard InChI is InChI=1S/C13H21N3/c1-10(2)16(8-11-3-4-11)9-13-7-12(14)5-6-15-13/h5-7,10-11H,3-4,8-9H2,1-2H3,(H2,14,15). The summed E-state index contributed by atoms with van der Waals surface area (Å²) in [6.07, 6.45) is 4.58. The molecule has 0 radical (unpaired) electrons. The van der Waals surface area contributed by atoms with Gasteiger partial charge < -0.3 is 5.73 Å². The molecule has 0 aliphatic heterocycles. The number of pyridine rings is 1. The highest BCUT2D eigenvalue weighted by Gasteiger charge is 2.25. The molecule has 2 rings (SSSR count). The van der Waals surface area contributed by atoms with Crippen molar-refractivity contribution in [2.75, 3.05) is 12.3 Å². The largest absolute Gasteiger partial charge is 0.399 e. The molecule has 2 N–H and O–H groups in total. The van der Waals surface area contributed by atoms with E-state index in [-0.39, 0.29) is 0 Å². The van der Waals surface area contributed by atoms with Crippen LogP contribution in [0.4, 0.5) is 5.69 Å². The summed E-state index contributed by atoms with van der Waals surface area (Å²) < 4.78 is 0. The molecule has 0 aromatic carbocycles. The molecule has 1 aromatic rings. The zero-order chi connectivity index (χ0) is 11.5. The van der Waals surface area contributed by atoms with E-state index >= 15 is 0 Å². The number of aromatic nitrogens is 1. The van der Waals surface area contributed by atoms with Crippen molar-refractivity contribution in [3.8, 4) is 0 Å². The highest BCUT2D eigenvalue weighted by molar-refractivity contribution is 5.37. The SMILES string of the molecule is CC(C)N(Cc1cc(N)ccn1)CC1CC1. The Bertz CT molecular complexity index is 345. The van der Waals surface area contributed by atoms with Crippen LogP contribution in [0, 0.1) is 5.92 Å². The van der Waals surface area contributed by atoms with Crippen LogP contribution < -0.4 is 5.73 Å². The van der Waals surface area contributed by atoms with E-state index in [9.17, 15) is 0 Å². The lowest BCUT2D eigenvalue weighted by Crippen LogP contribution is -2.32. The first kappa shape index (κ1) is 11.4. The first-order chi connectivity index (χ1) is 7.65. The molecule has 1 aromatic heterocycles. The van der Waals surface area contributed by atoms with Gasteiger partial charge in [-0.15, -0.1) is 0 Å². The van der Waals surface area contributed by atoms with Crippen LogP contribution in [-0.2, 0) is 6.54 Å². The van der Waals surface area contributed by atoms with Crippen molar-refractivity contribution >= 4 is 5.69 Å². The quantitative estimate of drug-likeness (QED) is 0.826. The fourth-order valence-corrected chi connectivity index (χ4v) is 1.88. The van der Waals surface area contributed by atoms with Gasteiger partial charge in [-0.05, 0) is 44.7 Å². The Morgan fingerprint density at radius 3 is 2.81 bits per heavy atom. The molecule has 0 amide bonds. The molecule has 3 heteroatoms. The summed E-state index contributed by atoms with van der Waals surface area (Å²) in [5.74, 6) is 0.920. The Kier molecular flexibility index (Phi) is 3.44. The normalized spacial score (nSPS) is 16.0. The zero-order valence-corrected chi connectivity index (χ0v) is 10.2. The van der Waals surface area contributed by atoms with Crippen LogP contribution in [0.3, 0.4) is 0 Å². The lowest BCUT2D eigenvalue weighted by molar-refractivity contribution is 0.201. The van der Waals surface area contributed by atoms with Gasteiger partial charge in [-0.1, -0.05) is 0 Å². The molecule has 0 unspecified atom stereocenters. The molecule has 16 heavy (non-hydrogen) atoms. The van der Waals surface area contributed by atoms with Crippen molar-refractivity contribution in [3.63, 3.8) is 0 Å². The van der Waals surface area contributed by atoms with Gasteiger partial charge in [0, 0.05) is 31.0 Å². The van der Waals surface area contributed by atoms with E-state index in [1.165, 1.54) is 19.4 Å². The third-order valence-electron chi connectivity index (χ3n) is 3.13. The summed E-state index contributed by atoms with van der Waals surface area (Å²) in [7, 11) is 0. The van der Waals surface area contributed by atoms with E-state index in [0.29, 0.717) is 6.04 Å². The van der Waals surface area contributed by atoms with Crippen LogP contribution in [0.1, 0.15) is 32.4 Å². The summed E-state index contributed by atoms with van der Waals surface area (Å²) in [4.78, 5) is 6.85. The lowest BCUT2D eigenvalue weighted by Gasteiger charge is -2.26. The molecule has 88 valence electrons. The topological polar surface area (TPSA) is 42.1 Å². The number of rotatable bonds is 5. The molecule has 1 aliphatic carbocycles. The van der Waals surface area contributed by atoms with E-state index in [4.69, 9.17) is 5.73 Å². The molecule has 1 aliphatic rings. The fourth-order valence-electron chi connectivity index (χ4n) is 1.88. The van der Waals surface area contributed by atoms with Gasteiger partial charge in [-0.25, -0.2) is 0 Å². The fraction of sp³-hybridized carbons (Fsp3) is 0.615. The van der Waals surface area contributed by atoms with Gasteiger partial charge in [-0.2, -0.15) is 0 Å². The summed E-state index contributed by atoms with van der Waals surface area (Å²) >= 11 is 0. The predicted molar refractivity (Wildman–Crippen MR) is 66.9 cm³/mol. The number of anilines is 1. The van der Waals surface area contributed by atoms with Gasteiger partial charge in [0.05, 0.1) is 5.69 Å². The van der Waals surface area contributed by atoms with Crippen molar-refractivity contribution in [1.29, 1.82) is 0 Å². The number of hydrogen-bond donors (Lipinski definition) is 1. The van der Waals surface area contributed by atoms with Gasteiger partial charge in [0.25, 0.3) is 0 Å². The Labute approximate surface area is 97.7 Å². The third kappa shape index (κ3) is 3.20. The van der Waals surface area contributed by atoms with Gasteiger partial charge in [0.15, 0.2) is 0 Å². The van der Waals surface area contributed by atoms with Crippen LogP contribution in [-0.4, -0.2) is 22.5 Å². The molecule has 1 heterocycles. The number of nitrogen functional groups attached to an aromatic ring is 1. The van der Waals surface area contributed by atoms with Crippen molar-refractivity contribution in [2.45, 2.75) is 39.3 Å². The molecule has 1 fully saturated rings.